The summed E-state index contributed by atoms with van der Waals surface area (Å²) in [6.45, 7) is 1.82. The highest BCUT2D eigenvalue weighted by Crippen LogP contribution is 2.21. The van der Waals surface area contributed by atoms with Gasteiger partial charge < -0.3 is 10.1 Å². The van der Waals surface area contributed by atoms with Crippen LogP contribution in [0.1, 0.15) is 16.2 Å². The Kier molecular flexibility index (Phi) is 3.46. The molecule has 3 aromatic rings. The number of nitrogens with one attached hydrogen (secondary N) is 1. The Morgan fingerprint density at radius 1 is 1.32 bits per heavy atom. The van der Waals surface area contributed by atoms with Crippen molar-refractivity contribution in [1.29, 1.82) is 0 Å². The molecule has 3 rings (SSSR count). The number of methoxy groups -OCH3 is 1. The Morgan fingerprint density at radius 3 is 2.86 bits per heavy atom. The van der Waals surface area contributed by atoms with Gasteiger partial charge in [0.25, 0.3) is 5.91 Å². The molecule has 0 bridgehead atoms. The molecule has 0 atom stereocenters. The monoisotopic (exact) mass is 300 g/mol. The highest BCUT2D eigenvalue weighted by Gasteiger charge is 2.12. The van der Waals surface area contributed by atoms with Crippen molar-refractivity contribution in [1.82, 2.24) is 14.6 Å². The molecule has 112 valence electrons. The molecule has 0 fully saturated rings. The van der Waals surface area contributed by atoms with Crippen LogP contribution < -0.4 is 10.1 Å². The van der Waals surface area contributed by atoms with Crippen LogP contribution in [0.4, 0.5) is 10.1 Å². The lowest BCUT2D eigenvalue weighted by Gasteiger charge is -2.08. The second-order valence-electron chi connectivity index (χ2n) is 4.69. The number of anilines is 1. The molecule has 2 aromatic heterocycles. The summed E-state index contributed by atoms with van der Waals surface area (Å²) in [5.74, 6) is -0.848. The Balaban J connectivity index is 1.88. The van der Waals surface area contributed by atoms with Gasteiger partial charge in [-0.1, -0.05) is 0 Å². The number of hydrogen-bond acceptors (Lipinski definition) is 4. The van der Waals surface area contributed by atoms with Gasteiger partial charge in [0.1, 0.15) is 5.69 Å². The molecule has 2 heterocycles. The Labute approximate surface area is 125 Å². The van der Waals surface area contributed by atoms with Crippen LogP contribution in [-0.2, 0) is 0 Å². The highest BCUT2D eigenvalue weighted by atomic mass is 19.1. The van der Waals surface area contributed by atoms with E-state index in [9.17, 15) is 9.18 Å². The van der Waals surface area contributed by atoms with Crippen LogP contribution >= 0.6 is 0 Å². The van der Waals surface area contributed by atoms with Gasteiger partial charge in [-0.2, -0.15) is 5.10 Å². The van der Waals surface area contributed by atoms with E-state index in [1.165, 1.54) is 19.2 Å². The van der Waals surface area contributed by atoms with Crippen LogP contribution in [0.25, 0.3) is 5.65 Å². The normalized spacial score (nSPS) is 10.7. The number of halogens is 1. The van der Waals surface area contributed by atoms with Gasteiger partial charge in [0, 0.05) is 23.5 Å². The molecule has 0 unspecified atom stereocenters. The minimum atomic E-state index is -0.546. The van der Waals surface area contributed by atoms with Gasteiger partial charge in [-0.15, -0.1) is 0 Å². The Hall–Kier alpha value is -2.96. The van der Waals surface area contributed by atoms with E-state index in [2.05, 4.69) is 15.4 Å². The van der Waals surface area contributed by atoms with Crippen LogP contribution in [0.15, 0.2) is 36.5 Å². The number of benzene rings is 1. The average molecular weight is 300 g/mol. The third-order valence-corrected chi connectivity index (χ3v) is 3.18. The molecule has 0 aliphatic carbocycles. The second kappa shape index (κ2) is 5.44. The van der Waals surface area contributed by atoms with Crippen molar-refractivity contribution in [2.45, 2.75) is 6.92 Å². The summed E-state index contributed by atoms with van der Waals surface area (Å²) in [6, 6.07) is 7.53. The largest absolute Gasteiger partial charge is 0.494 e. The highest BCUT2D eigenvalue weighted by molar-refractivity contribution is 6.03. The molecule has 22 heavy (non-hydrogen) atoms. The second-order valence-corrected chi connectivity index (χ2v) is 4.69. The van der Waals surface area contributed by atoms with Crippen LogP contribution in [0.5, 0.6) is 5.75 Å². The van der Waals surface area contributed by atoms with E-state index in [0.717, 1.165) is 5.69 Å². The third kappa shape index (κ3) is 2.48. The first-order chi connectivity index (χ1) is 10.6. The van der Waals surface area contributed by atoms with E-state index >= 15 is 0 Å². The van der Waals surface area contributed by atoms with Crippen molar-refractivity contribution in [3.8, 4) is 5.75 Å². The van der Waals surface area contributed by atoms with Crippen molar-refractivity contribution in [2.24, 2.45) is 0 Å². The zero-order valence-corrected chi connectivity index (χ0v) is 12.0. The molecule has 0 saturated carbocycles. The van der Waals surface area contributed by atoms with E-state index in [1.54, 1.807) is 28.9 Å². The van der Waals surface area contributed by atoms with E-state index in [4.69, 9.17) is 4.74 Å². The number of amides is 1. The first-order valence-electron chi connectivity index (χ1n) is 6.55. The van der Waals surface area contributed by atoms with Crippen molar-refractivity contribution in [3.05, 3.63) is 53.7 Å². The number of rotatable bonds is 3. The molecule has 6 nitrogen and oxygen atoms in total. The fourth-order valence-electron chi connectivity index (χ4n) is 2.12. The Morgan fingerprint density at radius 2 is 2.14 bits per heavy atom. The van der Waals surface area contributed by atoms with Gasteiger partial charge in [0.2, 0.25) is 0 Å². The lowest BCUT2D eigenvalue weighted by molar-refractivity contribution is 0.102. The predicted molar refractivity (Wildman–Crippen MR) is 78.6 cm³/mol. The van der Waals surface area contributed by atoms with Crippen LogP contribution in [0, 0.1) is 12.7 Å². The maximum Gasteiger partial charge on any atom is 0.274 e. The number of carbonyl (C=O) groups excluding carboxylic acids is 1. The fourth-order valence-corrected chi connectivity index (χ4v) is 2.12. The summed E-state index contributed by atoms with van der Waals surface area (Å²) in [5, 5.41) is 6.70. The smallest absolute Gasteiger partial charge is 0.274 e. The van der Waals surface area contributed by atoms with E-state index in [-0.39, 0.29) is 11.4 Å². The lowest BCUT2D eigenvalue weighted by Crippen LogP contribution is -2.15. The van der Waals surface area contributed by atoms with Crippen LogP contribution in [0.3, 0.4) is 0 Å². The maximum absolute atomic E-state index is 13.6. The summed E-state index contributed by atoms with van der Waals surface area (Å²) >= 11 is 0. The first-order valence-corrected chi connectivity index (χ1v) is 6.55. The third-order valence-electron chi connectivity index (χ3n) is 3.18. The number of carbonyl (C=O) groups is 1. The van der Waals surface area contributed by atoms with Gasteiger partial charge in [0.05, 0.1) is 13.3 Å². The zero-order chi connectivity index (χ0) is 15.7. The molecule has 0 radical (unpaired) electrons. The van der Waals surface area contributed by atoms with Crippen molar-refractivity contribution >= 4 is 17.2 Å². The van der Waals surface area contributed by atoms with Crippen LogP contribution in [-0.4, -0.2) is 27.6 Å². The summed E-state index contributed by atoms with van der Waals surface area (Å²) in [7, 11) is 1.38. The molecule has 0 aliphatic heterocycles. The number of hydrogen-bond donors (Lipinski definition) is 1. The molecule has 7 heteroatoms. The number of aryl methyl sites for hydroxylation is 1. The fraction of sp³-hybridized carbons (Fsp3) is 0.133. The molecular weight excluding hydrogens is 287 g/mol. The molecule has 0 aliphatic rings. The SMILES string of the molecule is COc1ccc(NC(=O)c2cc(C)n3nccc3n2)cc1F. The first kappa shape index (κ1) is 14.0. The van der Waals surface area contributed by atoms with Crippen LogP contribution in [0.2, 0.25) is 0 Å². The summed E-state index contributed by atoms with van der Waals surface area (Å²) < 4.78 is 20.1. The van der Waals surface area contributed by atoms with Crippen molar-refractivity contribution in [2.75, 3.05) is 12.4 Å². The molecule has 1 N–H and O–H groups in total. The molecule has 0 spiro atoms. The van der Waals surface area contributed by atoms with E-state index in [1.807, 2.05) is 6.92 Å². The topological polar surface area (TPSA) is 68.5 Å². The van der Waals surface area contributed by atoms with Gasteiger partial charge in [-0.3, -0.25) is 4.79 Å². The lowest BCUT2D eigenvalue weighted by atomic mass is 10.2. The minimum Gasteiger partial charge on any atom is -0.494 e. The van der Waals surface area contributed by atoms with Gasteiger partial charge in [0.15, 0.2) is 17.2 Å². The molecule has 0 saturated heterocycles. The van der Waals surface area contributed by atoms with Crippen molar-refractivity contribution in [3.63, 3.8) is 0 Å². The van der Waals surface area contributed by atoms with Crippen molar-refractivity contribution < 1.29 is 13.9 Å². The maximum atomic E-state index is 13.6. The standard InChI is InChI=1S/C15H13FN4O2/c1-9-7-12(19-14-5-6-17-20(9)14)15(21)18-10-3-4-13(22-2)11(16)8-10/h3-8H,1-2H3,(H,18,21). The molecule has 1 aromatic carbocycles. The molecular formula is C15H13FN4O2. The summed E-state index contributed by atoms with van der Waals surface area (Å²) in [6.07, 6.45) is 1.61. The van der Waals surface area contributed by atoms with E-state index in [0.29, 0.717) is 11.3 Å². The Bertz CT molecular complexity index is 860. The number of ether oxygens (including phenoxy) is 1. The number of aromatic nitrogens is 3. The predicted octanol–water partition coefficient (Wildman–Crippen LogP) is 2.44. The quantitative estimate of drug-likeness (QED) is 0.806. The average Bonchev–Trinajstić information content (AvgIpc) is 2.96. The minimum absolute atomic E-state index is 0.118. The molecule has 1 amide bonds. The van der Waals surface area contributed by atoms with Gasteiger partial charge in [-0.25, -0.2) is 13.9 Å². The number of nitrogens with zero attached hydrogens (tertiary/aromatic N) is 3. The summed E-state index contributed by atoms with van der Waals surface area (Å²) in [4.78, 5) is 16.5. The zero-order valence-electron chi connectivity index (χ0n) is 12.0. The number of fused-ring (bicyclic) bond motifs is 1. The van der Waals surface area contributed by atoms with E-state index < -0.39 is 11.7 Å². The van der Waals surface area contributed by atoms with Gasteiger partial charge in [-0.05, 0) is 25.1 Å². The summed E-state index contributed by atoms with van der Waals surface area (Å²) in [5.41, 5.74) is 1.92. The van der Waals surface area contributed by atoms with Gasteiger partial charge >= 0.3 is 0 Å².